The Hall–Kier alpha value is -0.0800. The minimum absolute atomic E-state index is 0.0601. The number of rotatable bonds is 16. The first-order chi connectivity index (χ1) is 14.4. The van der Waals surface area contributed by atoms with Gasteiger partial charge in [-0.3, -0.25) is 0 Å². The summed E-state index contributed by atoms with van der Waals surface area (Å²) < 4.78 is 14.9. The molecule has 0 aromatic carbocycles. The molecule has 2 nitrogen and oxygen atoms in total. The van der Waals surface area contributed by atoms with Gasteiger partial charge in [-0.2, -0.15) is 0 Å². The van der Waals surface area contributed by atoms with Crippen molar-refractivity contribution in [2.24, 2.45) is 5.41 Å². The topological polar surface area (TPSA) is 18.5 Å². The van der Waals surface area contributed by atoms with Gasteiger partial charge in [0.05, 0.1) is 11.2 Å². The van der Waals surface area contributed by atoms with Crippen LogP contribution < -0.4 is 0 Å². The molecule has 0 aromatic heterocycles. The molecule has 0 aliphatic carbocycles. The highest BCUT2D eigenvalue weighted by Crippen LogP contribution is 2.65. The second-order valence-electron chi connectivity index (χ2n) is 10.2. The van der Waals surface area contributed by atoms with Crippen molar-refractivity contribution >= 4 is 0 Å². The average molecular weight is 425 g/mol. The lowest BCUT2D eigenvalue weighted by Gasteiger charge is -2.68. The molecule has 1 rings (SSSR count). The molecule has 0 spiro atoms. The summed E-state index contributed by atoms with van der Waals surface area (Å²) in [5.41, 5.74) is -0.00256. The van der Waals surface area contributed by atoms with Crippen LogP contribution in [0.3, 0.4) is 0 Å². The Morgan fingerprint density at radius 1 is 0.367 bits per heavy atom. The van der Waals surface area contributed by atoms with Crippen LogP contribution in [0.1, 0.15) is 158 Å². The van der Waals surface area contributed by atoms with E-state index in [9.17, 15) is 0 Å². The van der Waals surface area contributed by atoms with Gasteiger partial charge in [0.2, 0.25) is 0 Å². The van der Waals surface area contributed by atoms with Gasteiger partial charge in [0.1, 0.15) is 0 Å². The number of ether oxygens (including phenoxy) is 2. The normalized spacial score (nSPS) is 21.6. The minimum atomic E-state index is -0.400. The summed E-state index contributed by atoms with van der Waals surface area (Å²) in [6.07, 6.45) is 18.7. The summed E-state index contributed by atoms with van der Waals surface area (Å²) >= 11 is 0. The minimum Gasteiger partial charge on any atom is -0.343 e. The van der Waals surface area contributed by atoms with E-state index in [1.165, 1.54) is 77.0 Å². The zero-order valence-electron chi connectivity index (χ0n) is 22.1. The fraction of sp³-hybridized carbons (Fsp3) is 1.00. The van der Waals surface area contributed by atoms with Crippen LogP contribution in [-0.4, -0.2) is 17.0 Å². The van der Waals surface area contributed by atoms with Gasteiger partial charge in [-0.25, -0.2) is 0 Å². The van der Waals surface area contributed by atoms with Crippen molar-refractivity contribution in [1.82, 2.24) is 0 Å². The van der Waals surface area contributed by atoms with Crippen molar-refractivity contribution in [1.29, 1.82) is 0 Å². The lowest BCUT2D eigenvalue weighted by Crippen LogP contribution is -2.72. The fourth-order valence-corrected chi connectivity index (χ4v) is 7.35. The van der Waals surface area contributed by atoms with E-state index in [4.69, 9.17) is 9.47 Å². The molecule has 1 aliphatic rings. The highest BCUT2D eigenvalue weighted by atomic mass is 16.7. The molecule has 180 valence electrons. The SMILES string of the molecule is CCCC1(CCC)OC(CCC)(CCC)C(CCC)(CCC)C(CCC)(CCC)O1. The van der Waals surface area contributed by atoms with Crippen LogP contribution in [0.4, 0.5) is 0 Å². The van der Waals surface area contributed by atoms with E-state index in [-0.39, 0.29) is 16.6 Å². The molecule has 0 bridgehead atoms. The molecule has 2 heteroatoms. The van der Waals surface area contributed by atoms with Crippen LogP contribution in [0.2, 0.25) is 0 Å². The van der Waals surface area contributed by atoms with Gasteiger partial charge < -0.3 is 9.47 Å². The van der Waals surface area contributed by atoms with Crippen LogP contribution in [0.5, 0.6) is 0 Å². The smallest absolute Gasteiger partial charge is 0.169 e. The van der Waals surface area contributed by atoms with Gasteiger partial charge in [-0.15, -0.1) is 0 Å². The molecule has 1 saturated heterocycles. The first kappa shape index (κ1) is 28.0. The predicted octanol–water partition coefficient (Wildman–Crippen LogP) is 9.59. The Bertz CT molecular complexity index is 402. The summed E-state index contributed by atoms with van der Waals surface area (Å²) in [7, 11) is 0. The van der Waals surface area contributed by atoms with Crippen molar-refractivity contribution in [3.8, 4) is 0 Å². The second kappa shape index (κ2) is 12.8. The van der Waals surface area contributed by atoms with E-state index in [1.807, 2.05) is 0 Å². The molecule has 0 radical (unpaired) electrons. The zero-order valence-corrected chi connectivity index (χ0v) is 22.1. The maximum atomic E-state index is 7.47. The predicted molar refractivity (Wildman–Crippen MR) is 132 cm³/mol. The molecule has 0 amide bonds. The Morgan fingerprint density at radius 3 is 0.867 bits per heavy atom. The van der Waals surface area contributed by atoms with Crippen LogP contribution in [0.15, 0.2) is 0 Å². The van der Waals surface area contributed by atoms with Crippen LogP contribution in [-0.2, 0) is 9.47 Å². The molecule has 1 aliphatic heterocycles. The average Bonchev–Trinajstić information content (AvgIpc) is 2.68. The van der Waals surface area contributed by atoms with Crippen LogP contribution in [0.25, 0.3) is 0 Å². The van der Waals surface area contributed by atoms with Gasteiger partial charge in [-0.05, 0) is 38.5 Å². The van der Waals surface area contributed by atoms with Gasteiger partial charge in [0, 0.05) is 18.3 Å². The third kappa shape index (κ3) is 5.28. The first-order valence-corrected chi connectivity index (χ1v) is 13.8. The van der Waals surface area contributed by atoms with Crippen molar-refractivity contribution in [2.45, 2.75) is 175 Å². The first-order valence-electron chi connectivity index (χ1n) is 13.8. The molecule has 0 unspecified atom stereocenters. The number of hydrogen-bond acceptors (Lipinski definition) is 2. The highest BCUT2D eigenvalue weighted by Gasteiger charge is 2.68. The molecular weight excluding hydrogens is 368 g/mol. The summed E-state index contributed by atoms with van der Waals surface area (Å²) in [5, 5.41) is 0. The Morgan fingerprint density at radius 2 is 0.633 bits per heavy atom. The van der Waals surface area contributed by atoms with Crippen LogP contribution >= 0.6 is 0 Å². The van der Waals surface area contributed by atoms with E-state index in [0.29, 0.717) is 0 Å². The second-order valence-corrected chi connectivity index (χ2v) is 10.2. The molecule has 30 heavy (non-hydrogen) atoms. The largest absolute Gasteiger partial charge is 0.343 e. The molecule has 0 N–H and O–H groups in total. The molecule has 0 aromatic rings. The van der Waals surface area contributed by atoms with E-state index in [1.54, 1.807) is 0 Å². The van der Waals surface area contributed by atoms with Crippen molar-refractivity contribution in [2.75, 3.05) is 0 Å². The molecule has 0 saturated carbocycles. The van der Waals surface area contributed by atoms with Crippen molar-refractivity contribution < 1.29 is 9.47 Å². The lowest BCUT2D eigenvalue weighted by molar-refractivity contribution is -0.442. The third-order valence-electron chi connectivity index (χ3n) is 7.74. The molecule has 0 atom stereocenters. The van der Waals surface area contributed by atoms with Crippen molar-refractivity contribution in [3.05, 3.63) is 0 Å². The fourth-order valence-electron chi connectivity index (χ4n) is 7.35. The van der Waals surface area contributed by atoms with E-state index in [0.717, 1.165) is 25.7 Å². The Kier molecular flexibility index (Phi) is 12.0. The summed E-state index contributed by atoms with van der Waals surface area (Å²) in [6.45, 7) is 18.8. The molecular formula is C28H56O2. The Balaban J connectivity index is 3.89. The monoisotopic (exact) mass is 424 g/mol. The quantitative estimate of drug-likeness (QED) is 0.245. The lowest BCUT2D eigenvalue weighted by atomic mass is 9.51. The maximum Gasteiger partial charge on any atom is 0.169 e. The summed E-state index contributed by atoms with van der Waals surface area (Å²) in [5.74, 6) is -0.400. The van der Waals surface area contributed by atoms with Gasteiger partial charge >= 0.3 is 0 Å². The summed E-state index contributed by atoms with van der Waals surface area (Å²) in [4.78, 5) is 0. The third-order valence-corrected chi connectivity index (χ3v) is 7.74. The van der Waals surface area contributed by atoms with E-state index < -0.39 is 5.79 Å². The highest BCUT2D eigenvalue weighted by molar-refractivity contribution is 5.15. The standard InChI is InChI=1S/C28H56O2/c1-9-17-25(18-10-2)26(19-11-3,20-12-4)29-28(23-15-7,24-16-8)30-27(25,21-13-5)22-14-6/h9-24H2,1-8H3. The van der Waals surface area contributed by atoms with Gasteiger partial charge in [0.25, 0.3) is 0 Å². The van der Waals surface area contributed by atoms with Crippen molar-refractivity contribution in [3.63, 3.8) is 0 Å². The maximum absolute atomic E-state index is 7.47. The summed E-state index contributed by atoms with van der Waals surface area (Å²) in [6, 6.07) is 0. The zero-order chi connectivity index (χ0) is 22.7. The van der Waals surface area contributed by atoms with Crippen LogP contribution in [0, 0.1) is 5.41 Å². The van der Waals surface area contributed by atoms with Gasteiger partial charge in [0.15, 0.2) is 5.79 Å². The molecule has 1 heterocycles. The number of hydrogen-bond donors (Lipinski definition) is 0. The van der Waals surface area contributed by atoms with E-state index >= 15 is 0 Å². The van der Waals surface area contributed by atoms with E-state index in [2.05, 4.69) is 55.4 Å². The van der Waals surface area contributed by atoms with Gasteiger partial charge in [-0.1, -0.05) is 107 Å². The Labute approximate surface area is 190 Å². The molecule has 1 fully saturated rings.